The Morgan fingerprint density at radius 1 is 0.964 bits per heavy atom. The lowest BCUT2D eigenvalue weighted by molar-refractivity contribution is -0.159. The minimum Gasteiger partial charge on any atom is -0.467 e. The highest BCUT2D eigenvalue weighted by atomic mass is 16.7. The molecule has 1 saturated heterocycles. The standard InChI is InChI=1S/C24H36O4/c1-16-5-14-23(19(4)18(16)3)27-15-26-22-12-8-20(9-13-22)7-11-21-10-6-17(2)28-24(21)25/h5,14,17,20-22H,6-13,15H2,1-4H3. The number of carbonyl (C=O) groups is 1. The molecule has 2 fully saturated rings. The molecule has 1 aromatic rings. The van der Waals surface area contributed by atoms with E-state index in [0.29, 0.717) is 12.9 Å². The molecule has 0 radical (unpaired) electrons. The third-order valence-corrected chi connectivity index (χ3v) is 6.82. The Bertz CT molecular complexity index is 661. The summed E-state index contributed by atoms with van der Waals surface area (Å²) in [4.78, 5) is 12.0. The maximum Gasteiger partial charge on any atom is 0.309 e. The summed E-state index contributed by atoms with van der Waals surface area (Å²) in [7, 11) is 0. The number of aryl methyl sites for hydroxylation is 1. The maximum atomic E-state index is 12.0. The molecule has 1 aliphatic carbocycles. The van der Waals surface area contributed by atoms with Crippen LogP contribution in [0, 0.1) is 32.6 Å². The van der Waals surface area contributed by atoms with Crippen LogP contribution >= 0.6 is 0 Å². The fourth-order valence-corrected chi connectivity index (χ4v) is 4.47. The van der Waals surface area contributed by atoms with E-state index in [9.17, 15) is 4.79 Å². The van der Waals surface area contributed by atoms with Crippen molar-refractivity contribution in [3.05, 3.63) is 28.8 Å². The number of hydrogen-bond acceptors (Lipinski definition) is 4. The zero-order chi connectivity index (χ0) is 20.1. The molecule has 28 heavy (non-hydrogen) atoms. The highest BCUT2D eigenvalue weighted by Gasteiger charge is 2.29. The molecule has 1 saturated carbocycles. The Morgan fingerprint density at radius 2 is 1.71 bits per heavy atom. The molecule has 0 N–H and O–H groups in total. The van der Waals surface area contributed by atoms with Crippen LogP contribution < -0.4 is 4.74 Å². The molecule has 2 unspecified atom stereocenters. The van der Waals surface area contributed by atoms with E-state index in [4.69, 9.17) is 14.2 Å². The summed E-state index contributed by atoms with van der Waals surface area (Å²) in [5.74, 6) is 1.79. The van der Waals surface area contributed by atoms with Crippen molar-refractivity contribution in [2.45, 2.75) is 91.3 Å². The van der Waals surface area contributed by atoms with E-state index in [1.54, 1.807) is 0 Å². The fourth-order valence-electron chi connectivity index (χ4n) is 4.47. The molecule has 156 valence electrons. The van der Waals surface area contributed by atoms with Crippen LogP contribution in [0.4, 0.5) is 0 Å². The van der Waals surface area contributed by atoms with Gasteiger partial charge in [0.1, 0.15) is 5.75 Å². The monoisotopic (exact) mass is 388 g/mol. The van der Waals surface area contributed by atoms with Gasteiger partial charge >= 0.3 is 5.97 Å². The Hall–Kier alpha value is -1.55. The third-order valence-electron chi connectivity index (χ3n) is 6.82. The Kier molecular flexibility index (Phi) is 7.39. The van der Waals surface area contributed by atoms with Crippen molar-refractivity contribution in [2.75, 3.05) is 6.79 Å². The molecule has 1 aromatic carbocycles. The number of carbonyl (C=O) groups excluding carboxylic acids is 1. The predicted octanol–water partition coefficient (Wildman–Crippen LogP) is 5.65. The lowest BCUT2D eigenvalue weighted by Crippen LogP contribution is -2.30. The molecular formula is C24H36O4. The summed E-state index contributed by atoms with van der Waals surface area (Å²) < 4.78 is 17.2. The van der Waals surface area contributed by atoms with E-state index in [-0.39, 0.29) is 18.0 Å². The Labute approximate surface area is 169 Å². The first-order chi connectivity index (χ1) is 13.4. The molecule has 1 aliphatic heterocycles. The van der Waals surface area contributed by atoms with Crippen LogP contribution in [0.1, 0.15) is 75.0 Å². The minimum atomic E-state index is 0.0227. The second kappa shape index (κ2) is 9.78. The highest BCUT2D eigenvalue weighted by Crippen LogP contribution is 2.33. The zero-order valence-corrected chi connectivity index (χ0v) is 18.0. The predicted molar refractivity (Wildman–Crippen MR) is 110 cm³/mol. The summed E-state index contributed by atoms with van der Waals surface area (Å²) in [5.41, 5.74) is 3.78. The van der Waals surface area contributed by atoms with Gasteiger partial charge in [0.2, 0.25) is 0 Å². The van der Waals surface area contributed by atoms with Gasteiger partial charge in [0, 0.05) is 0 Å². The summed E-state index contributed by atoms with van der Waals surface area (Å²) in [5, 5.41) is 0. The maximum absolute atomic E-state index is 12.0. The minimum absolute atomic E-state index is 0.0227. The summed E-state index contributed by atoms with van der Waals surface area (Å²) in [6, 6.07) is 4.14. The highest BCUT2D eigenvalue weighted by molar-refractivity contribution is 5.73. The molecule has 2 atom stereocenters. The Balaban J connectivity index is 1.33. The van der Waals surface area contributed by atoms with Crippen LogP contribution in [-0.4, -0.2) is 25.0 Å². The first kappa shape index (κ1) is 21.2. The molecular weight excluding hydrogens is 352 g/mol. The number of cyclic esters (lactones) is 1. The van der Waals surface area contributed by atoms with Crippen molar-refractivity contribution < 1.29 is 19.0 Å². The Morgan fingerprint density at radius 3 is 2.43 bits per heavy atom. The van der Waals surface area contributed by atoms with Crippen molar-refractivity contribution in [3.8, 4) is 5.75 Å². The smallest absolute Gasteiger partial charge is 0.309 e. The number of benzene rings is 1. The van der Waals surface area contributed by atoms with E-state index >= 15 is 0 Å². The lowest BCUT2D eigenvalue weighted by atomic mass is 9.81. The molecule has 0 amide bonds. The van der Waals surface area contributed by atoms with E-state index in [2.05, 4.69) is 26.8 Å². The summed E-state index contributed by atoms with van der Waals surface area (Å²) in [6.07, 6.45) is 9.07. The van der Waals surface area contributed by atoms with Gasteiger partial charge in [-0.25, -0.2) is 0 Å². The summed E-state index contributed by atoms with van der Waals surface area (Å²) >= 11 is 0. The van der Waals surface area contributed by atoms with Crippen LogP contribution in [0.2, 0.25) is 0 Å². The molecule has 4 heteroatoms. The van der Waals surface area contributed by atoms with Gasteiger partial charge in [-0.1, -0.05) is 6.07 Å². The van der Waals surface area contributed by atoms with Crippen molar-refractivity contribution in [3.63, 3.8) is 0 Å². The first-order valence-electron chi connectivity index (χ1n) is 11.0. The van der Waals surface area contributed by atoms with Gasteiger partial charge in [-0.2, -0.15) is 0 Å². The summed E-state index contributed by atoms with van der Waals surface area (Å²) in [6.45, 7) is 8.67. The number of hydrogen-bond donors (Lipinski definition) is 0. The zero-order valence-electron chi connectivity index (χ0n) is 18.0. The van der Waals surface area contributed by atoms with Crippen molar-refractivity contribution in [2.24, 2.45) is 11.8 Å². The van der Waals surface area contributed by atoms with Crippen LogP contribution in [-0.2, 0) is 14.3 Å². The fraction of sp³-hybridized carbons (Fsp3) is 0.708. The number of rotatable bonds is 7. The molecule has 0 aromatic heterocycles. The van der Waals surface area contributed by atoms with Crippen LogP contribution in [0.25, 0.3) is 0 Å². The molecule has 0 spiro atoms. The molecule has 2 aliphatic rings. The van der Waals surface area contributed by atoms with Crippen molar-refractivity contribution >= 4 is 5.97 Å². The quantitative estimate of drug-likeness (QED) is 0.447. The molecule has 0 bridgehead atoms. The third kappa shape index (κ3) is 5.50. The number of ether oxygens (including phenoxy) is 3. The van der Waals surface area contributed by atoms with Crippen LogP contribution in [0.15, 0.2) is 12.1 Å². The normalized spacial score (nSPS) is 28.1. The topological polar surface area (TPSA) is 44.8 Å². The van der Waals surface area contributed by atoms with E-state index in [1.165, 1.54) is 29.5 Å². The van der Waals surface area contributed by atoms with E-state index in [1.807, 2.05) is 13.0 Å². The second-order valence-electron chi connectivity index (χ2n) is 8.80. The average Bonchev–Trinajstić information content (AvgIpc) is 2.68. The van der Waals surface area contributed by atoms with Gasteiger partial charge in [-0.15, -0.1) is 0 Å². The molecule has 3 rings (SSSR count). The first-order valence-corrected chi connectivity index (χ1v) is 11.0. The van der Waals surface area contributed by atoms with E-state index < -0.39 is 0 Å². The largest absolute Gasteiger partial charge is 0.467 e. The van der Waals surface area contributed by atoms with E-state index in [0.717, 1.165) is 50.2 Å². The SMILES string of the molecule is Cc1ccc(OCOC2CCC(CCC3CCC(C)OC3=O)CC2)c(C)c1C. The van der Waals surface area contributed by atoms with Gasteiger partial charge in [0.25, 0.3) is 0 Å². The van der Waals surface area contributed by atoms with Gasteiger partial charge in [-0.3, -0.25) is 4.79 Å². The lowest BCUT2D eigenvalue weighted by Gasteiger charge is -2.30. The van der Waals surface area contributed by atoms with Gasteiger partial charge in [0.15, 0.2) is 6.79 Å². The van der Waals surface area contributed by atoms with Gasteiger partial charge in [-0.05, 0) is 108 Å². The van der Waals surface area contributed by atoms with Crippen molar-refractivity contribution in [1.29, 1.82) is 0 Å². The van der Waals surface area contributed by atoms with Gasteiger partial charge in [0.05, 0.1) is 18.1 Å². The van der Waals surface area contributed by atoms with Crippen LogP contribution in [0.3, 0.4) is 0 Å². The molecule has 4 nitrogen and oxygen atoms in total. The van der Waals surface area contributed by atoms with Crippen LogP contribution in [0.5, 0.6) is 5.75 Å². The van der Waals surface area contributed by atoms with Gasteiger partial charge < -0.3 is 14.2 Å². The second-order valence-corrected chi connectivity index (χ2v) is 8.80. The molecule has 1 heterocycles. The number of esters is 1. The van der Waals surface area contributed by atoms with Crippen molar-refractivity contribution in [1.82, 2.24) is 0 Å². The average molecular weight is 389 g/mol.